The van der Waals surface area contributed by atoms with Gasteiger partial charge in [0, 0.05) is 27.1 Å². The average Bonchev–Trinajstić information content (AvgIpc) is 3.41. The number of thioether (sulfide) groups is 1. The molecule has 0 radical (unpaired) electrons. The average molecular weight is 473 g/mol. The molecule has 1 N–H and O–H groups in total. The van der Waals surface area contributed by atoms with Gasteiger partial charge in [0.05, 0.1) is 18.4 Å². The zero-order chi connectivity index (χ0) is 21.6. The summed E-state index contributed by atoms with van der Waals surface area (Å²) < 4.78 is 2.11. The van der Waals surface area contributed by atoms with Crippen LogP contribution in [0.2, 0.25) is 5.02 Å². The van der Waals surface area contributed by atoms with Crippen molar-refractivity contribution in [2.45, 2.75) is 55.5 Å². The number of benzene rings is 1. The van der Waals surface area contributed by atoms with Crippen molar-refractivity contribution in [3.05, 3.63) is 74.7 Å². The van der Waals surface area contributed by atoms with Crippen molar-refractivity contribution in [1.29, 1.82) is 0 Å². The third kappa shape index (κ3) is 5.82. The molecule has 4 nitrogen and oxygen atoms in total. The van der Waals surface area contributed by atoms with Crippen LogP contribution in [0.1, 0.15) is 48.2 Å². The van der Waals surface area contributed by atoms with E-state index in [0.717, 1.165) is 21.3 Å². The molecule has 1 aromatic carbocycles. The fourth-order valence-corrected chi connectivity index (χ4v) is 6.04. The minimum Gasteiger partial charge on any atom is -0.478 e. The van der Waals surface area contributed by atoms with E-state index in [0.29, 0.717) is 28.8 Å². The molecule has 0 saturated heterocycles. The summed E-state index contributed by atoms with van der Waals surface area (Å²) in [6.07, 6.45) is 10.2. The number of nitrogens with zero attached hydrogens (tertiary/aromatic N) is 2. The lowest BCUT2D eigenvalue weighted by atomic mass is 10.0. The monoisotopic (exact) mass is 472 g/mol. The topological polar surface area (TPSA) is 55.1 Å². The van der Waals surface area contributed by atoms with Gasteiger partial charge in [-0.3, -0.25) is 0 Å². The lowest BCUT2D eigenvalue weighted by molar-refractivity contribution is -0.132. The summed E-state index contributed by atoms with van der Waals surface area (Å²) in [4.78, 5) is 17.7. The first-order valence-corrected chi connectivity index (χ1v) is 12.7. The molecule has 0 spiro atoms. The number of imidazole rings is 1. The van der Waals surface area contributed by atoms with Gasteiger partial charge in [-0.15, -0.1) is 11.3 Å². The van der Waals surface area contributed by atoms with E-state index in [9.17, 15) is 9.90 Å². The maximum absolute atomic E-state index is 12.0. The van der Waals surface area contributed by atoms with Crippen molar-refractivity contribution in [1.82, 2.24) is 9.55 Å². The summed E-state index contributed by atoms with van der Waals surface area (Å²) in [7, 11) is 0. The van der Waals surface area contributed by atoms with E-state index in [1.807, 2.05) is 53.5 Å². The van der Waals surface area contributed by atoms with Gasteiger partial charge in [-0.05, 0) is 42.0 Å². The molecule has 0 unspecified atom stereocenters. The van der Waals surface area contributed by atoms with Crippen LogP contribution in [0.25, 0.3) is 6.08 Å². The number of halogens is 1. The quantitative estimate of drug-likeness (QED) is 0.367. The number of rotatable bonds is 8. The third-order valence-electron chi connectivity index (χ3n) is 5.50. The number of aliphatic carboxylic acids is 1. The van der Waals surface area contributed by atoms with E-state index in [1.165, 1.54) is 32.1 Å². The smallest absolute Gasteiger partial charge is 0.332 e. The van der Waals surface area contributed by atoms with Gasteiger partial charge in [0.15, 0.2) is 5.16 Å². The molecule has 3 aromatic rings. The Morgan fingerprint density at radius 2 is 2.03 bits per heavy atom. The molecule has 7 heteroatoms. The summed E-state index contributed by atoms with van der Waals surface area (Å²) in [5.41, 5.74) is 2.15. The second-order valence-electron chi connectivity index (χ2n) is 7.75. The molecule has 4 rings (SSSR count). The molecule has 162 valence electrons. The van der Waals surface area contributed by atoms with Gasteiger partial charge in [0.1, 0.15) is 0 Å². The van der Waals surface area contributed by atoms with Crippen LogP contribution in [-0.4, -0.2) is 25.9 Å². The molecule has 2 heterocycles. The molecule has 0 atom stereocenters. The fraction of sp³-hybridized carbons (Fsp3) is 0.333. The Kier molecular flexibility index (Phi) is 7.54. The maximum Gasteiger partial charge on any atom is 0.332 e. The van der Waals surface area contributed by atoms with Crippen LogP contribution in [0.4, 0.5) is 0 Å². The highest BCUT2D eigenvalue weighted by Gasteiger charge is 2.20. The van der Waals surface area contributed by atoms with Crippen LogP contribution >= 0.6 is 34.7 Å². The first-order chi connectivity index (χ1) is 15.1. The normalized spacial score (nSPS) is 15.3. The summed E-state index contributed by atoms with van der Waals surface area (Å²) in [6.45, 7) is 0.562. The molecule has 1 aliphatic rings. The van der Waals surface area contributed by atoms with E-state index in [-0.39, 0.29) is 0 Å². The zero-order valence-electron chi connectivity index (χ0n) is 17.2. The van der Waals surface area contributed by atoms with Gasteiger partial charge >= 0.3 is 5.97 Å². The lowest BCUT2D eigenvalue weighted by Crippen LogP contribution is -2.11. The first kappa shape index (κ1) is 22.2. The minimum atomic E-state index is -0.902. The Bertz CT molecular complexity index is 1050. The highest BCUT2D eigenvalue weighted by atomic mass is 35.5. The highest BCUT2D eigenvalue weighted by Crippen LogP contribution is 2.34. The van der Waals surface area contributed by atoms with Crippen LogP contribution in [0, 0.1) is 0 Å². The van der Waals surface area contributed by atoms with E-state index in [1.54, 1.807) is 23.6 Å². The summed E-state index contributed by atoms with van der Waals surface area (Å²) in [5, 5.41) is 14.0. The lowest BCUT2D eigenvalue weighted by Gasteiger charge is -2.21. The summed E-state index contributed by atoms with van der Waals surface area (Å²) in [5.74, 6) is -0.902. The SMILES string of the molecule is O=C(O)C(=Cc1cnc(SC2CCCCC2)n1Cc1ccccc1Cl)Cc1cccs1. The van der Waals surface area contributed by atoms with Gasteiger partial charge < -0.3 is 9.67 Å². The molecular weight excluding hydrogens is 448 g/mol. The predicted molar refractivity (Wildman–Crippen MR) is 129 cm³/mol. The highest BCUT2D eigenvalue weighted by molar-refractivity contribution is 7.99. The molecular formula is C24H25ClN2O2S2. The molecule has 1 saturated carbocycles. The Labute approximate surface area is 196 Å². The van der Waals surface area contributed by atoms with Gasteiger partial charge in [-0.2, -0.15) is 0 Å². The zero-order valence-corrected chi connectivity index (χ0v) is 19.6. The molecule has 2 aromatic heterocycles. The van der Waals surface area contributed by atoms with Crippen LogP contribution in [-0.2, 0) is 17.8 Å². The molecule has 0 aliphatic heterocycles. The van der Waals surface area contributed by atoms with E-state index in [4.69, 9.17) is 16.6 Å². The molecule has 0 amide bonds. The van der Waals surface area contributed by atoms with E-state index >= 15 is 0 Å². The van der Waals surface area contributed by atoms with Gasteiger partial charge in [0.25, 0.3) is 0 Å². The van der Waals surface area contributed by atoms with Crippen molar-refractivity contribution in [3.63, 3.8) is 0 Å². The second kappa shape index (κ2) is 10.5. The Morgan fingerprint density at radius 3 is 2.74 bits per heavy atom. The van der Waals surface area contributed by atoms with Crippen molar-refractivity contribution >= 4 is 46.7 Å². The number of carboxylic acids is 1. The second-order valence-corrected chi connectivity index (χ2v) is 10.5. The summed E-state index contributed by atoms with van der Waals surface area (Å²) >= 11 is 9.82. The molecule has 31 heavy (non-hydrogen) atoms. The number of hydrogen-bond donors (Lipinski definition) is 1. The number of thiophene rings is 1. The Morgan fingerprint density at radius 1 is 1.23 bits per heavy atom. The number of carboxylic acid groups (broad SMARTS) is 1. The van der Waals surface area contributed by atoms with Crippen molar-refractivity contribution in [3.8, 4) is 0 Å². The van der Waals surface area contributed by atoms with E-state index < -0.39 is 5.97 Å². The summed E-state index contributed by atoms with van der Waals surface area (Å²) in [6, 6.07) is 11.7. The Hall–Kier alpha value is -2.02. The largest absolute Gasteiger partial charge is 0.478 e. The van der Waals surface area contributed by atoms with Crippen LogP contribution in [0.3, 0.4) is 0 Å². The minimum absolute atomic E-state index is 0.358. The van der Waals surface area contributed by atoms with Gasteiger partial charge in [0.2, 0.25) is 0 Å². The van der Waals surface area contributed by atoms with Crippen molar-refractivity contribution in [2.75, 3.05) is 0 Å². The number of hydrogen-bond acceptors (Lipinski definition) is 4. The Balaban J connectivity index is 1.68. The molecule has 1 aliphatic carbocycles. The molecule has 1 fully saturated rings. The van der Waals surface area contributed by atoms with E-state index in [2.05, 4.69) is 4.57 Å². The standard InChI is InChI=1S/C24H25ClN2O2S2/c25-22-11-5-4-7-17(22)16-27-19(13-18(23(28)29)14-21-10-6-12-30-21)15-26-24(27)31-20-8-2-1-3-9-20/h4-7,10-13,15,20H,1-3,8-9,14,16H2,(H,28,29). The van der Waals surface area contributed by atoms with Crippen molar-refractivity contribution in [2.24, 2.45) is 0 Å². The van der Waals surface area contributed by atoms with Crippen LogP contribution in [0.5, 0.6) is 0 Å². The first-order valence-electron chi connectivity index (χ1n) is 10.5. The predicted octanol–water partition coefficient (Wildman–Crippen LogP) is 6.78. The van der Waals surface area contributed by atoms with Crippen LogP contribution in [0.15, 0.2) is 58.7 Å². The molecule has 0 bridgehead atoms. The van der Waals surface area contributed by atoms with Crippen molar-refractivity contribution < 1.29 is 9.90 Å². The number of aromatic nitrogens is 2. The van der Waals surface area contributed by atoms with Gasteiger partial charge in [-0.25, -0.2) is 9.78 Å². The third-order valence-corrected chi connectivity index (χ3v) is 8.09. The maximum atomic E-state index is 12.0. The van der Waals surface area contributed by atoms with Gasteiger partial charge in [-0.1, -0.05) is 66.9 Å². The number of carbonyl (C=O) groups is 1. The fourth-order valence-electron chi connectivity index (χ4n) is 3.84. The van der Waals surface area contributed by atoms with Crippen LogP contribution < -0.4 is 0 Å².